The first kappa shape index (κ1) is 16.4. The van der Waals surface area contributed by atoms with Crippen LogP contribution in [0.15, 0.2) is 64.5 Å². The Kier molecular flexibility index (Phi) is 4.94. The van der Waals surface area contributed by atoms with Crippen LogP contribution in [0.5, 0.6) is 0 Å². The van der Waals surface area contributed by atoms with E-state index in [1.807, 2.05) is 24.3 Å². The molecule has 0 saturated carbocycles. The smallest absolute Gasteiger partial charge is 0.260 e. The quantitative estimate of drug-likeness (QED) is 0.830. The number of hydrogen-bond acceptors (Lipinski definition) is 4. The van der Waals surface area contributed by atoms with E-state index in [4.69, 9.17) is 11.6 Å². The maximum absolute atomic E-state index is 12.7. The lowest BCUT2D eigenvalue weighted by Gasteiger charge is -2.20. The van der Waals surface area contributed by atoms with Crippen molar-refractivity contribution in [2.75, 3.05) is 13.1 Å². The number of amidine groups is 1. The van der Waals surface area contributed by atoms with Gasteiger partial charge in [-0.3, -0.25) is 4.99 Å². The Labute approximate surface area is 145 Å². The number of sulfonamides is 1. The normalized spacial score (nSPS) is 14.8. The fraction of sp³-hybridized carbons (Fsp3) is 0.188. The molecule has 2 aromatic rings. The Morgan fingerprint density at radius 3 is 2.52 bits per heavy atom. The summed E-state index contributed by atoms with van der Waals surface area (Å²) in [6.07, 6.45) is 0. The second-order valence-electron chi connectivity index (χ2n) is 4.93. The lowest BCUT2D eigenvalue weighted by molar-refractivity contribution is 0.540. The van der Waals surface area contributed by atoms with Crippen LogP contribution in [0.1, 0.15) is 5.56 Å². The summed E-state index contributed by atoms with van der Waals surface area (Å²) in [6.45, 7) is 0.860. The van der Waals surface area contributed by atoms with Crippen molar-refractivity contribution in [1.29, 1.82) is 0 Å². The third-order valence-electron chi connectivity index (χ3n) is 3.41. The average molecular weight is 367 g/mol. The molecule has 0 unspecified atom stereocenters. The van der Waals surface area contributed by atoms with Gasteiger partial charge in [0.2, 0.25) is 0 Å². The minimum absolute atomic E-state index is 0.285. The number of aliphatic imine (C=N–C) groups is 1. The van der Waals surface area contributed by atoms with E-state index < -0.39 is 10.0 Å². The van der Waals surface area contributed by atoms with Gasteiger partial charge in [-0.05, 0) is 23.8 Å². The van der Waals surface area contributed by atoms with Crippen molar-refractivity contribution in [3.05, 3.63) is 65.2 Å². The predicted octanol–water partition coefficient (Wildman–Crippen LogP) is 3.63. The highest BCUT2D eigenvalue weighted by atomic mass is 35.5. The summed E-state index contributed by atoms with van der Waals surface area (Å²) in [6, 6.07) is 16.0. The van der Waals surface area contributed by atoms with E-state index in [2.05, 4.69) is 4.99 Å². The molecule has 1 aliphatic heterocycles. The van der Waals surface area contributed by atoms with Crippen molar-refractivity contribution in [3.63, 3.8) is 0 Å². The summed E-state index contributed by atoms with van der Waals surface area (Å²) < 4.78 is 26.8. The van der Waals surface area contributed by atoms with Gasteiger partial charge in [-0.1, -0.05) is 59.8 Å². The van der Waals surface area contributed by atoms with Crippen LogP contribution in [0.2, 0.25) is 5.02 Å². The van der Waals surface area contributed by atoms with Gasteiger partial charge in [0.05, 0.1) is 18.0 Å². The zero-order valence-corrected chi connectivity index (χ0v) is 14.6. The fourth-order valence-electron chi connectivity index (χ4n) is 2.23. The average Bonchev–Trinajstić information content (AvgIpc) is 3.04. The van der Waals surface area contributed by atoms with Crippen LogP contribution in [0.3, 0.4) is 0 Å². The van der Waals surface area contributed by atoms with Crippen molar-refractivity contribution in [3.8, 4) is 0 Å². The largest absolute Gasteiger partial charge is 0.265 e. The zero-order valence-electron chi connectivity index (χ0n) is 12.2. The minimum Gasteiger partial charge on any atom is -0.260 e. The van der Waals surface area contributed by atoms with Crippen molar-refractivity contribution >= 4 is 38.6 Å². The maximum atomic E-state index is 12.7. The molecule has 0 saturated heterocycles. The van der Waals surface area contributed by atoms with E-state index in [9.17, 15) is 8.42 Å². The van der Waals surface area contributed by atoms with E-state index in [1.54, 1.807) is 30.3 Å². The first-order chi connectivity index (χ1) is 11.1. The van der Waals surface area contributed by atoms with Gasteiger partial charge in [-0.15, -0.1) is 0 Å². The molecule has 2 aromatic carbocycles. The molecule has 0 bridgehead atoms. The summed E-state index contributed by atoms with van der Waals surface area (Å²) in [5.74, 6) is 0.583. The molecule has 0 atom stereocenters. The Morgan fingerprint density at radius 1 is 1.09 bits per heavy atom. The molecule has 4 nitrogen and oxygen atoms in total. The van der Waals surface area contributed by atoms with Gasteiger partial charge in [0, 0.05) is 10.8 Å². The van der Waals surface area contributed by atoms with Gasteiger partial charge in [-0.25, -0.2) is 12.7 Å². The van der Waals surface area contributed by atoms with Crippen LogP contribution in [-0.4, -0.2) is 31.0 Å². The van der Waals surface area contributed by atoms with Gasteiger partial charge in [0.1, 0.15) is 0 Å². The van der Waals surface area contributed by atoms with Gasteiger partial charge in [0.15, 0.2) is 5.17 Å². The molecular formula is C16H15ClN2O2S2. The Hall–Kier alpha value is -1.50. The lowest BCUT2D eigenvalue weighted by atomic mass is 10.2. The zero-order chi connectivity index (χ0) is 16.3. The summed E-state index contributed by atoms with van der Waals surface area (Å²) in [5.41, 5.74) is 0.964. The van der Waals surface area contributed by atoms with E-state index in [0.29, 0.717) is 29.0 Å². The predicted molar refractivity (Wildman–Crippen MR) is 95.4 cm³/mol. The number of thioether (sulfide) groups is 1. The second-order valence-corrected chi connectivity index (χ2v) is 8.15. The lowest BCUT2D eigenvalue weighted by Crippen LogP contribution is -2.32. The minimum atomic E-state index is -3.55. The van der Waals surface area contributed by atoms with Gasteiger partial charge < -0.3 is 0 Å². The van der Waals surface area contributed by atoms with Crippen LogP contribution >= 0.6 is 23.4 Å². The molecule has 23 heavy (non-hydrogen) atoms. The topological polar surface area (TPSA) is 49.7 Å². The van der Waals surface area contributed by atoms with Crippen LogP contribution < -0.4 is 0 Å². The molecule has 7 heteroatoms. The highest BCUT2D eigenvalue weighted by molar-refractivity contribution is 8.14. The molecule has 0 aromatic heterocycles. The van der Waals surface area contributed by atoms with Gasteiger partial charge in [-0.2, -0.15) is 0 Å². The molecular weight excluding hydrogens is 352 g/mol. The van der Waals surface area contributed by atoms with Crippen LogP contribution in [0.4, 0.5) is 0 Å². The molecule has 0 N–H and O–H groups in total. The SMILES string of the molecule is O=S(=O)(c1ccccc1)N1CCN=C1SCc1ccccc1Cl. The van der Waals surface area contributed by atoms with E-state index in [0.717, 1.165) is 5.56 Å². The molecule has 0 amide bonds. The monoisotopic (exact) mass is 366 g/mol. The first-order valence-electron chi connectivity index (χ1n) is 7.07. The number of rotatable bonds is 4. The van der Waals surface area contributed by atoms with Crippen LogP contribution in [-0.2, 0) is 15.8 Å². The maximum Gasteiger partial charge on any atom is 0.265 e. The highest BCUT2D eigenvalue weighted by Gasteiger charge is 2.30. The first-order valence-corrected chi connectivity index (χ1v) is 9.88. The Bertz CT molecular complexity index is 823. The summed E-state index contributed by atoms with van der Waals surface area (Å²) >= 11 is 7.54. The van der Waals surface area contributed by atoms with Gasteiger partial charge >= 0.3 is 0 Å². The van der Waals surface area contributed by atoms with Crippen molar-refractivity contribution in [1.82, 2.24) is 4.31 Å². The standard InChI is InChI=1S/C16H15ClN2O2S2/c17-15-9-5-4-6-13(15)12-22-16-18-10-11-19(16)23(20,21)14-7-2-1-3-8-14/h1-9H,10-12H2. The highest BCUT2D eigenvalue weighted by Crippen LogP contribution is 2.27. The van der Waals surface area contributed by atoms with Crippen molar-refractivity contribution < 1.29 is 8.42 Å². The summed E-state index contributed by atoms with van der Waals surface area (Å²) in [7, 11) is -3.55. The number of halogens is 1. The second kappa shape index (κ2) is 6.95. The van der Waals surface area contributed by atoms with Crippen LogP contribution in [0, 0.1) is 0 Å². The molecule has 0 radical (unpaired) electrons. The van der Waals surface area contributed by atoms with Crippen molar-refractivity contribution in [2.24, 2.45) is 4.99 Å². The summed E-state index contributed by atoms with van der Waals surface area (Å²) in [5, 5.41) is 1.20. The third-order valence-corrected chi connectivity index (χ3v) is 6.76. The van der Waals surface area contributed by atoms with E-state index in [1.165, 1.54) is 16.1 Å². The summed E-state index contributed by atoms with van der Waals surface area (Å²) in [4.78, 5) is 4.62. The van der Waals surface area contributed by atoms with Crippen molar-refractivity contribution in [2.45, 2.75) is 10.6 Å². The Balaban J connectivity index is 1.77. The molecule has 1 heterocycles. The van der Waals surface area contributed by atoms with E-state index in [-0.39, 0.29) is 4.90 Å². The molecule has 0 spiro atoms. The number of hydrogen-bond donors (Lipinski definition) is 0. The van der Waals surface area contributed by atoms with Crippen LogP contribution in [0.25, 0.3) is 0 Å². The molecule has 120 valence electrons. The molecule has 0 aliphatic carbocycles. The molecule has 3 rings (SSSR count). The van der Waals surface area contributed by atoms with E-state index >= 15 is 0 Å². The van der Waals surface area contributed by atoms with Gasteiger partial charge in [0.25, 0.3) is 10.0 Å². The fourth-order valence-corrected chi connectivity index (χ4v) is 5.26. The third kappa shape index (κ3) is 3.54. The molecule has 0 fully saturated rings. The number of benzene rings is 2. The Morgan fingerprint density at radius 2 is 1.78 bits per heavy atom. The molecule has 1 aliphatic rings. The number of nitrogens with zero attached hydrogens (tertiary/aromatic N) is 2.